The highest BCUT2D eigenvalue weighted by Crippen LogP contribution is 2.22. The Morgan fingerprint density at radius 1 is 1.71 bits per heavy atom. The first-order valence-corrected chi connectivity index (χ1v) is 7.19. The maximum absolute atomic E-state index is 12.0. The first-order valence-electron chi connectivity index (χ1n) is 5.93. The van der Waals surface area contributed by atoms with Crippen LogP contribution in [0, 0.1) is 5.92 Å². The van der Waals surface area contributed by atoms with Crippen molar-refractivity contribution in [1.82, 2.24) is 10.6 Å². The fourth-order valence-electron chi connectivity index (χ4n) is 2.15. The Balaban J connectivity index is 1.92. The van der Waals surface area contributed by atoms with Crippen LogP contribution in [0.1, 0.15) is 29.4 Å². The van der Waals surface area contributed by atoms with E-state index < -0.39 is 0 Å². The van der Waals surface area contributed by atoms with Crippen LogP contribution in [0.2, 0.25) is 5.02 Å². The second kappa shape index (κ2) is 5.85. The van der Waals surface area contributed by atoms with E-state index in [0.717, 1.165) is 13.1 Å². The summed E-state index contributed by atoms with van der Waals surface area (Å²) in [5.41, 5.74) is 0. The van der Waals surface area contributed by atoms with Gasteiger partial charge in [-0.3, -0.25) is 4.79 Å². The predicted octanol–water partition coefficient (Wildman–Crippen LogP) is 2.52. The molecule has 17 heavy (non-hydrogen) atoms. The lowest BCUT2D eigenvalue weighted by atomic mass is 9.93. The molecule has 0 bridgehead atoms. The monoisotopic (exact) mass is 272 g/mol. The molecule has 1 amide bonds. The van der Waals surface area contributed by atoms with E-state index in [-0.39, 0.29) is 11.9 Å². The highest BCUT2D eigenvalue weighted by Gasteiger charge is 2.22. The van der Waals surface area contributed by atoms with Gasteiger partial charge in [0.25, 0.3) is 5.91 Å². The molecule has 0 aromatic carbocycles. The van der Waals surface area contributed by atoms with Gasteiger partial charge in [-0.2, -0.15) is 0 Å². The maximum Gasteiger partial charge on any atom is 0.263 e. The molecule has 1 saturated heterocycles. The van der Waals surface area contributed by atoms with Gasteiger partial charge < -0.3 is 10.6 Å². The summed E-state index contributed by atoms with van der Waals surface area (Å²) in [5, 5.41) is 8.78. The van der Waals surface area contributed by atoms with Crippen molar-refractivity contribution in [1.29, 1.82) is 0 Å². The summed E-state index contributed by atoms with van der Waals surface area (Å²) >= 11 is 7.33. The number of halogens is 1. The number of thiophene rings is 1. The average Bonchev–Trinajstić information content (AvgIpc) is 2.76. The van der Waals surface area contributed by atoms with Crippen molar-refractivity contribution in [3.05, 3.63) is 21.3 Å². The van der Waals surface area contributed by atoms with Gasteiger partial charge in [-0.1, -0.05) is 11.6 Å². The zero-order chi connectivity index (χ0) is 12.3. The highest BCUT2D eigenvalue weighted by molar-refractivity contribution is 7.12. The maximum atomic E-state index is 12.0. The summed E-state index contributed by atoms with van der Waals surface area (Å²) in [4.78, 5) is 12.6. The minimum Gasteiger partial charge on any atom is -0.349 e. The van der Waals surface area contributed by atoms with Crippen LogP contribution in [-0.4, -0.2) is 25.0 Å². The number of hydrogen-bond acceptors (Lipinski definition) is 3. The zero-order valence-electron chi connectivity index (χ0n) is 9.83. The highest BCUT2D eigenvalue weighted by atomic mass is 35.5. The van der Waals surface area contributed by atoms with Gasteiger partial charge in [0.15, 0.2) is 0 Å². The minimum atomic E-state index is -0.0527. The van der Waals surface area contributed by atoms with Gasteiger partial charge in [0.05, 0.1) is 5.02 Å². The standard InChI is InChI=1S/C12H17ClN2OS/c1-8(9-3-2-5-14-7-9)15-12(16)11-10(13)4-6-17-11/h4,6,8-9,14H,2-3,5,7H2,1H3,(H,15,16). The lowest BCUT2D eigenvalue weighted by Gasteiger charge is -2.28. The van der Waals surface area contributed by atoms with Crippen LogP contribution in [0.5, 0.6) is 0 Å². The van der Waals surface area contributed by atoms with Crippen LogP contribution < -0.4 is 10.6 Å². The number of amides is 1. The van der Waals surface area contributed by atoms with Gasteiger partial charge in [0.2, 0.25) is 0 Å². The van der Waals surface area contributed by atoms with Crippen LogP contribution in [0.25, 0.3) is 0 Å². The molecule has 2 rings (SSSR count). The SMILES string of the molecule is CC(NC(=O)c1sccc1Cl)C1CCCNC1. The second-order valence-corrected chi connectivity index (χ2v) is 5.79. The Labute approximate surface area is 111 Å². The molecular formula is C12H17ClN2OS. The third-order valence-electron chi connectivity index (χ3n) is 3.22. The van der Waals surface area contributed by atoms with E-state index in [4.69, 9.17) is 11.6 Å². The Morgan fingerprint density at radius 2 is 2.53 bits per heavy atom. The molecule has 2 heterocycles. The van der Waals surface area contributed by atoms with Gasteiger partial charge in [-0.25, -0.2) is 0 Å². The van der Waals surface area contributed by atoms with Crippen LogP contribution >= 0.6 is 22.9 Å². The summed E-state index contributed by atoms with van der Waals surface area (Å²) in [5.74, 6) is 0.467. The van der Waals surface area contributed by atoms with E-state index in [1.54, 1.807) is 6.07 Å². The second-order valence-electron chi connectivity index (χ2n) is 4.47. The van der Waals surface area contributed by atoms with E-state index in [1.165, 1.54) is 24.2 Å². The normalized spacial score (nSPS) is 22.1. The van der Waals surface area contributed by atoms with Crippen molar-refractivity contribution in [3.63, 3.8) is 0 Å². The summed E-state index contributed by atoms with van der Waals surface area (Å²) in [7, 11) is 0. The van der Waals surface area contributed by atoms with Gasteiger partial charge in [-0.15, -0.1) is 11.3 Å². The number of carbonyl (C=O) groups excluding carboxylic acids is 1. The van der Waals surface area contributed by atoms with Crippen LogP contribution in [0.3, 0.4) is 0 Å². The molecule has 2 atom stereocenters. The van der Waals surface area contributed by atoms with Crippen LogP contribution in [-0.2, 0) is 0 Å². The van der Waals surface area contributed by atoms with Gasteiger partial charge in [0.1, 0.15) is 4.88 Å². The number of carbonyl (C=O) groups is 1. The van der Waals surface area contributed by atoms with E-state index >= 15 is 0 Å². The van der Waals surface area contributed by atoms with E-state index in [1.807, 2.05) is 5.38 Å². The van der Waals surface area contributed by atoms with Crippen molar-refractivity contribution < 1.29 is 4.79 Å². The Hall–Kier alpha value is -0.580. The van der Waals surface area contributed by atoms with Crippen molar-refractivity contribution in [2.75, 3.05) is 13.1 Å². The fraction of sp³-hybridized carbons (Fsp3) is 0.583. The molecule has 1 fully saturated rings. The van der Waals surface area contributed by atoms with Gasteiger partial charge in [-0.05, 0) is 50.2 Å². The predicted molar refractivity (Wildman–Crippen MR) is 71.9 cm³/mol. The van der Waals surface area contributed by atoms with E-state index in [9.17, 15) is 4.79 Å². The molecular weight excluding hydrogens is 256 g/mol. The Morgan fingerprint density at radius 3 is 3.12 bits per heavy atom. The molecule has 2 unspecified atom stereocenters. The lowest BCUT2D eigenvalue weighted by Crippen LogP contribution is -2.44. The largest absolute Gasteiger partial charge is 0.349 e. The number of nitrogens with one attached hydrogen (secondary N) is 2. The molecule has 5 heteroatoms. The van der Waals surface area contributed by atoms with E-state index in [0.29, 0.717) is 15.8 Å². The van der Waals surface area contributed by atoms with Crippen molar-refractivity contribution in [3.8, 4) is 0 Å². The third kappa shape index (κ3) is 3.21. The quantitative estimate of drug-likeness (QED) is 0.888. The molecule has 1 aliphatic heterocycles. The topological polar surface area (TPSA) is 41.1 Å². The number of hydrogen-bond donors (Lipinski definition) is 2. The van der Waals surface area contributed by atoms with Gasteiger partial charge >= 0.3 is 0 Å². The van der Waals surface area contributed by atoms with Crippen molar-refractivity contribution in [2.45, 2.75) is 25.8 Å². The molecule has 0 spiro atoms. The van der Waals surface area contributed by atoms with Crippen LogP contribution in [0.4, 0.5) is 0 Å². The molecule has 1 aromatic heterocycles. The fourth-order valence-corrected chi connectivity index (χ4v) is 3.20. The average molecular weight is 273 g/mol. The number of rotatable bonds is 3. The summed E-state index contributed by atoms with van der Waals surface area (Å²) in [6, 6.07) is 1.95. The van der Waals surface area contributed by atoms with Crippen molar-refractivity contribution >= 4 is 28.8 Å². The Bertz CT molecular complexity index is 388. The Kier molecular flexibility index (Phi) is 4.42. The van der Waals surface area contributed by atoms with Gasteiger partial charge in [0, 0.05) is 6.04 Å². The first-order chi connectivity index (χ1) is 8.18. The lowest BCUT2D eigenvalue weighted by molar-refractivity contribution is 0.0926. The number of piperidine rings is 1. The third-order valence-corrected chi connectivity index (χ3v) is 4.56. The van der Waals surface area contributed by atoms with Crippen LogP contribution in [0.15, 0.2) is 11.4 Å². The van der Waals surface area contributed by atoms with E-state index in [2.05, 4.69) is 17.6 Å². The molecule has 1 aromatic rings. The molecule has 94 valence electrons. The molecule has 0 aliphatic carbocycles. The summed E-state index contributed by atoms with van der Waals surface area (Å²) in [6.07, 6.45) is 2.36. The first kappa shape index (κ1) is 12.9. The van der Waals surface area contributed by atoms with Crippen molar-refractivity contribution in [2.24, 2.45) is 5.92 Å². The smallest absolute Gasteiger partial charge is 0.263 e. The minimum absolute atomic E-state index is 0.0527. The summed E-state index contributed by atoms with van der Waals surface area (Å²) < 4.78 is 0. The summed E-state index contributed by atoms with van der Waals surface area (Å²) in [6.45, 7) is 4.14. The molecule has 1 aliphatic rings. The molecule has 0 saturated carbocycles. The zero-order valence-corrected chi connectivity index (χ0v) is 11.4. The molecule has 2 N–H and O–H groups in total. The molecule has 0 radical (unpaired) electrons. The molecule has 3 nitrogen and oxygen atoms in total.